The molecular formula is C14H19NO4S. The molecule has 20 heavy (non-hydrogen) atoms. The number of anilines is 1. The van der Waals surface area contributed by atoms with E-state index in [1.54, 1.807) is 31.2 Å². The second kappa shape index (κ2) is 5.93. The number of hydrogen-bond acceptors (Lipinski definition) is 4. The number of nitrogens with one attached hydrogen (secondary N) is 1. The van der Waals surface area contributed by atoms with Crippen LogP contribution in [0.5, 0.6) is 0 Å². The van der Waals surface area contributed by atoms with Crippen LogP contribution in [-0.4, -0.2) is 32.7 Å². The summed E-state index contributed by atoms with van der Waals surface area (Å²) < 4.78 is 30.8. The predicted molar refractivity (Wildman–Crippen MR) is 77.4 cm³/mol. The quantitative estimate of drug-likeness (QED) is 0.844. The van der Waals surface area contributed by atoms with Gasteiger partial charge in [-0.1, -0.05) is 6.92 Å². The third-order valence-electron chi connectivity index (χ3n) is 3.47. The molecule has 2 atom stereocenters. The lowest BCUT2D eigenvalue weighted by Gasteiger charge is -2.13. The maximum absolute atomic E-state index is 12.2. The molecule has 1 aromatic carbocycles. The highest BCUT2D eigenvalue weighted by Gasteiger charge is 2.31. The number of sulfonamides is 1. The molecule has 0 bridgehead atoms. The van der Waals surface area contributed by atoms with Crippen LogP contribution in [0.3, 0.4) is 0 Å². The summed E-state index contributed by atoms with van der Waals surface area (Å²) in [6.07, 6.45) is 0.512. The van der Waals surface area contributed by atoms with Gasteiger partial charge in [0, 0.05) is 17.9 Å². The summed E-state index contributed by atoms with van der Waals surface area (Å²) in [5.74, 6) is 0.196. The summed E-state index contributed by atoms with van der Waals surface area (Å²) >= 11 is 0. The standard InChI is InChI=1S/C14H19NO4S/c1-3-20(17,18)15-12-6-4-11(5-7-12)13(16)14-10(2)8-9-19-14/h4-7,10,14-15H,3,8-9H2,1-2H3. The predicted octanol–water partition coefficient (Wildman–Crippen LogP) is 2.06. The van der Waals surface area contributed by atoms with Gasteiger partial charge in [-0.05, 0) is 43.5 Å². The summed E-state index contributed by atoms with van der Waals surface area (Å²) in [7, 11) is -3.29. The van der Waals surface area contributed by atoms with Crippen molar-refractivity contribution in [1.82, 2.24) is 0 Å². The fraction of sp³-hybridized carbons (Fsp3) is 0.500. The van der Waals surface area contributed by atoms with Crippen LogP contribution in [0.15, 0.2) is 24.3 Å². The Balaban J connectivity index is 2.10. The van der Waals surface area contributed by atoms with Gasteiger partial charge >= 0.3 is 0 Å². The van der Waals surface area contributed by atoms with Crippen LogP contribution in [0.4, 0.5) is 5.69 Å². The highest BCUT2D eigenvalue weighted by Crippen LogP contribution is 2.24. The van der Waals surface area contributed by atoms with E-state index in [9.17, 15) is 13.2 Å². The van der Waals surface area contributed by atoms with E-state index in [4.69, 9.17) is 4.74 Å². The molecule has 2 unspecified atom stereocenters. The molecule has 1 aliphatic heterocycles. The number of ether oxygens (including phenoxy) is 1. The molecule has 0 saturated carbocycles. The summed E-state index contributed by atoms with van der Waals surface area (Å²) in [6, 6.07) is 6.45. The van der Waals surface area contributed by atoms with Gasteiger partial charge in [0.15, 0.2) is 5.78 Å². The minimum absolute atomic E-state index is 0.0150. The molecule has 0 aliphatic carbocycles. The Labute approximate surface area is 119 Å². The second-order valence-corrected chi connectivity index (χ2v) is 7.02. The Bertz CT molecular complexity index is 580. The highest BCUT2D eigenvalue weighted by atomic mass is 32.2. The lowest BCUT2D eigenvalue weighted by atomic mass is 9.96. The van der Waals surface area contributed by atoms with Crippen molar-refractivity contribution in [3.8, 4) is 0 Å². The lowest BCUT2D eigenvalue weighted by Crippen LogP contribution is -2.25. The van der Waals surface area contributed by atoms with Gasteiger partial charge in [-0.3, -0.25) is 9.52 Å². The van der Waals surface area contributed by atoms with Crippen molar-refractivity contribution in [3.63, 3.8) is 0 Å². The number of hydrogen-bond donors (Lipinski definition) is 1. The van der Waals surface area contributed by atoms with E-state index in [-0.39, 0.29) is 23.6 Å². The van der Waals surface area contributed by atoms with Crippen molar-refractivity contribution < 1.29 is 17.9 Å². The normalized spacial score (nSPS) is 22.7. The van der Waals surface area contributed by atoms with E-state index in [0.717, 1.165) is 6.42 Å². The number of carbonyl (C=O) groups excluding carboxylic acids is 1. The molecule has 0 spiro atoms. The van der Waals surface area contributed by atoms with Crippen LogP contribution in [-0.2, 0) is 14.8 Å². The first-order chi connectivity index (χ1) is 9.43. The Morgan fingerprint density at radius 1 is 1.35 bits per heavy atom. The van der Waals surface area contributed by atoms with E-state index in [1.807, 2.05) is 6.92 Å². The molecule has 1 aromatic rings. The smallest absolute Gasteiger partial charge is 0.232 e. The molecule has 0 aromatic heterocycles. The van der Waals surface area contributed by atoms with E-state index < -0.39 is 10.0 Å². The summed E-state index contributed by atoms with van der Waals surface area (Å²) in [5, 5.41) is 0. The van der Waals surface area contributed by atoms with Crippen LogP contribution >= 0.6 is 0 Å². The van der Waals surface area contributed by atoms with Gasteiger partial charge in [0.05, 0.1) is 5.75 Å². The zero-order chi connectivity index (χ0) is 14.8. The van der Waals surface area contributed by atoms with Gasteiger partial charge in [0.2, 0.25) is 10.0 Å². The molecule has 0 amide bonds. The number of Topliss-reactive ketones (excluding diaryl/α,β-unsaturated/α-hetero) is 1. The summed E-state index contributed by atoms with van der Waals surface area (Å²) in [4.78, 5) is 12.2. The van der Waals surface area contributed by atoms with E-state index >= 15 is 0 Å². The molecule has 5 nitrogen and oxygen atoms in total. The number of benzene rings is 1. The fourth-order valence-corrected chi connectivity index (χ4v) is 2.79. The molecule has 6 heteroatoms. The molecular weight excluding hydrogens is 278 g/mol. The molecule has 0 radical (unpaired) electrons. The Hall–Kier alpha value is -1.40. The Kier molecular flexibility index (Phi) is 4.45. The topological polar surface area (TPSA) is 72.5 Å². The first kappa shape index (κ1) is 15.0. The summed E-state index contributed by atoms with van der Waals surface area (Å²) in [6.45, 7) is 4.18. The van der Waals surface area contributed by atoms with Crippen molar-refractivity contribution in [1.29, 1.82) is 0 Å². The first-order valence-corrected chi connectivity index (χ1v) is 8.34. The molecule has 1 aliphatic rings. The largest absolute Gasteiger partial charge is 0.370 e. The number of carbonyl (C=O) groups is 1. The third-order valence-corrected chi connectivity index (χ3v) is 4.78. The van der Waals surface area contributed by atoms with Crippen molar-refractivity contribution >= 4 is 21.5 Å². The SMILES string of the molecule is CCS(=O)(=O)Nc1ccc(C(=O)C2OCCC2C)cc1. The maximum atomic E-state index is 12.2. The first-order valence-electron chi connectivity index (χ1n) is 6.69. The molecule has 1 heterocycles. The molecule has 2 rings (SSSR count). The van der Waals surface area contributed by atoms with Gasteiger partial charge < -0.3 is 4.74 Å². The van der Waals surface area contributed by atoms with Gasteiger partial charge in [-0.2, -0.15) is 0 Å². The minimum atomic E-state index is -3.29. The minimum Gasteiger partial charge on any atom is -0.370 e. The van der Waals surface area contributed by atoms with Crippen LogP contribution in [0, 0.1) is 5.92 Å². The number of ketones is 1. The van der Waals surface area contributed by atoms with Crippen molar-refractivity contribution in [2.75, 3.05) is 17.1 Å². The third kappa shape index (κ3) is 3.37. The summed E-state index contributed by atoms with van der Waals surface area (Å²) in [5.41, 5.74) is 1.01. The van der Waals surface area contributed by atoms with Gasteiger partial charge in [0.25, 0.3) is 0 Å². The van der Waals surface area contributed by atoms with Crippen molar-refractivity contribution in [2.45, 2.75) is 26.4 Å². The lowest BCUT2D eigenvalue weighted by molar-refractivity contribution is 0.0579. The zero-order valence-electron chi connectivity index (χ0n) is 11.6. The van der Waals surface area contributed by atoms with Crippen molar-refractivity contribution in [3.05, 3.63) is 29.8 Å². The van der Waals surface area contributed by atoms with Gasteiger partial charge in [0.1, 0.15) is 6.10 Å². The average molecular weight is 297 g/mol. The number of rotatable bonds is 5. The van der Waals surface area contributed by atoms with Crippen molar-refractivity contribution in [2.24, 2.45) is 5.92 Å². The fourth-order valence-electron chi connectivity index (χ4n) is 2.15. The van der Waals surface area contributed by atoms with E-state index in [1.165, 1.54) is 0 Å². The van der Waals surface area contributed by atoms with Crippen LogP contribution in [0.25, 0.3) is 0 Å². The molecule has 1 N–H and O–H groups in total. The van der Waals surface area contributed by atoms with Crippen LogP contribution in [0.2, 0.25) is 0 Å². The zero-order valence-corrected chi connectivity index (χ0v) is 12.4. The van der Waals surface area contributed by atoms with E-state index in [2.05, 4.69) is 4.72 Å². The Morgan fingerprint density at radius 3 is 2.50 bits per heavy atom. The van der Waals surface area contributed by atoms with Crippen LogP contribution in [0.1, 0.15) is 30.6 Å². The van der Waals surface area contributed by atoms with Gasteiger partial charge in [-0.25, -0.2) is 8.42 Å². The average Bonchev–Trinajstić information content (AvgIpc) is 2.85. The molecule has 1 saturated heterocycles. The molecule has 1 fully saturated rings. The van der Waals surface area contributed by atoms with Gasteiger partial charge in [-0.15, -0.1) is 0 Å². The second-order valence-electron chi connectivity index (χ2n) is 5.00. The maximum Gasteiger partial charge on any atom is 0.232 e. The highest BCUT2D eigenvalue weighted by molar-refractivity contribution is 7.92. The van der Waals surface area contributed by atoms with E-state index in [0.29, 0.717) is 17.9 Å². The Morgan fingerprint density at radius 2 is 2.00 bits per heavy atom. The monoisotopic (exact) mass is 297 g/mol. The molecule has 110 valence electrons. The van der Waals surface area contributed by atoms with Crippen LogP contribution < -0.4 is 4.72 Å².